The van der Waals surface area contributed by atoms with Crippen LogP contribution < -0.4 is 5.32 Å². The summed E-state index contributed by atoms with van der Waals surface area (Å²) in [6.45, 7) is 3.72. The average molecular weight is 359 g/mol. The Balaban J connectivity index is 1.88. The molecule has 1 fully saturated rings. The van der Waals surface area contributed by atoms with Gasteiger partial charge in [0.1, 0.15) is 0 Å². The van der Waals surface area contributed by atoms with Crippen molar-refractivity contribution in [1.29, 1.82) is 0 Å². The SMILES string of the molecule is CCOC(=O)[C@@H]1CCCN(CC(=O)Nc2ccc(Cl)cc2Cl)C1. The predicted octanol–water partition coefficient (Wildman–Crippen LogP) is 3.21. The number of hydrogen-bond acceptors (Lipinski definition) is 4. The van der Waals surface area contributed by atoms with Crippen LogP contribution in [0, 0.1) is 5.92 Å². The second kappa shape index (κ2) is 8.52. The van der Waals surface area contributed by atoms with Crippen LogP contribution in [-0.2, 0) is 14.3 Å². The van der Waals surface area contributed by atoms with E-state index in [1.807, 2.05) is 4.90 Å². The minimum Gasteiger partial charge on any atom is -0.466 e. The lowest BCUT2D eigenvalue weighted by Gasteiger charge is -2.30. The highest BCUT2D eigenvalue weighted by Crippen LogP contribution is 2.25. The molecule has 7 heteroatoms. The number of nitrogens with one attached hydrogen (secondary N) is 1. The first-order chi connectivity index (χ1) is 11.0. The van der Waals surface area contributed by atoms with Gasteiger partial charge in [-0.15, -0.1) is 0 Å². The Bertz CT molecular complexity index is 580. The Labute approximate surface area is 145 Å². The second-order valence-corrected chi connectivity index (χ2v) is 6.34. The van der Waals surface area contributed by atoms with Crippen molar-refractivity contribution in [3.63, 3.8) is 0 Å². The van der Waals surface area contributed by atoms with Crippen molar-refractivity contribution in [2.45, 2.75) is 19.8 Å². The van der Waals surface area contributed by atoms with Crippen molar-refractivity contribution in [2.24, 2.45) is 5.92 Å². The van der Waals surface area contributed by atoms with E-state index in [0.29, 0.717) is 28.9 Å². The molecule has 1 aromatic rings. The summed E-state index contributed by atoms with van der Waals surface area (Å²) < 4.78 is 5.06. The summed E-state index contributed by atoms with van der Waals surface area (Å²) in [7, 11) is 0. The topological polar surface area (TPSA) is 58.6 Å². The molecule has 1 aliphatic heterocycles. The Morgan fingerprint density at radius 2 is 2.17 bits per heavy atom. The first kappa shape index (κ1) is 18.0. The maximum absolute atomic E-state index is 12.2. The molecule has 1 N–H and O–H groups in total. The molecular weight excluding hydrogens is 339 g/mol. The van der Waals surface area contributed by atoms with Crippen molar-refractivity contribution in [3.8, 4) is 0 Å². The van der Waals surface area contributed by atoms with Gasteiger partial charge in [-0.25, -0.2) is 0 Å². The molecule has 1 aliphatic rings. The van der Waals surface area contributed by atoms with Crippen LogP contribution >= 0.6 is 23.2 Å². The summed E-state index contributed by atoms with van der Waals surface area (Å²) in [5.74, 6) is -0.507. The smallest absolute Gasteiger partial charge is 0.310 e. The lowest BCUT2D eigenvalue weighted by molar-refractivity contribution is -0.150. The molecule has 0 spiro atoms. The van der Waals surface area contributed by atoms with Crippen molar-refractivity contribution in [2.75, 3.05) is 31.6 Å². The van der Waals surface area contributed by atoms with E-state index in [9.17, 15) is 9.59 Å². The van der Waals surface area contributed by atoms with Gasteiger partial charge in [0.25, 0.3) is 0 Å². The third-order valence-electron chi connectivity index (χ3n) is 3.70. The van der Waals surface area contributed by atoms with Gasteiger partial charge in [-0.2, -0.15) is 0 Å². The van der Waals surface area contributed by atoms with Gasteiger partial charge in [-0.3, -0.25) is 14.5 Å². The number of carbonyl (C=O) groups excluding carboxylic acids is 2. The van der Waals surface area contributed by atoms with Gasteiger partial charge < -0.3 is 10.1 Å². The standard InChI is InChI=1S/C16H20Cl2N2O3/c1-2-23-16(22)11-4-3-7-20(9-11)10-15(21)19-14-6-5-12(17)8-13(14)18/h5-6,8,11H,2-4,7,9-10H2,1H3,(H,19,21)/t11-/m1/s1. The van der Waals surface area contributed by atoms with Crippen molar-refractivity contribution < 1.29 is 14.3 Å². The zero-order chi connectivity index (χ0) is 16.8. The van der Waals surface area contributed by atoms with E-state index in [2.05, 4.69) is 5.32 Å². The monoisotopic (exact) mass is 358 g/mol. The van der Waals surface area contributed by atoms with Crippen molar-refractivity contribution >= 4 is 40.8 Å². The van der Waals surface area contributed by atoms with Gasteiger partial charge in [-0.05, 0) is 44.5 Å². The second-order valence-electron chi connectivity index (χ2n) is 5.50. The number of likely N-dealkylation sites (tertiary alicyclic amines) is 1. The summed E-state index contributed by atoms with van der Waals surface area (Å²) in [5, 5.41) is 3.68. The van der Waals surface area contributed by atoms with E-state index < -0.39 is 0 Å². The number of rotatable bonds is 5. The van der Waals surface area contributed by atoms with Crippen LogP contribution in [0.15, 0.2) is 18.2 Å². The summed E-state index contributed by atoms with van der Waals surface area (Å²) in [6.07, 6.45) is 1.68. The lowest BCUT2D eigenvalue weighted by atomic mass is 9.98. The molecule has 0 unspecified atom stereocenters. The zero-order valence-electron chi connectivity index (χ0n) is 13.0. The molecule has 5 nitrogen and oxygen atoms in total. The summed E-state index contributed by atoms with van der Waals surface area (Å²) >= 11 is 11.9. The fourth-order valence-corrected chi connectivity index (χ4v) is 3.09. The van der Waals surface area contributed by atoms with Crippen LogP contribution in [0.1, 0.15) is 19.8 Å². The van der Waals surface area contributed by atoms with Gasteiger partial charge in [0, 0.05) is 11.6 Å². The molecule has 1 heterocycles. The van der Waals surface area contributed by atoms with Crippen LogP contribution in [0.3, 0.4) is 0 Å². The maximum Gasteiger partial charge on any atom is 0.310 e. The molecule has 0 saturated carbocycles. The number of anilines is 1. The molecule has 23 heavy (non-hydrogen) atoms. The largest absolute Gasteiger partial charge is 0.466 e. The highest BCUT2D eigenvalue weighted by molar-refractivity contribution is 6.36. The third kappa shape index (κ3) is 5.37. The van der Waals surface area contributed by atoms with Crippen LogP contribution in [0.4, 0.5) is 5.69 Å². The molecule has 126 valence electrons. The van der Waals surface area contributed by atoms with Crippen LogP contribution in [0.25, 0.3) is 0 Å². The third-order valence-corrected chi connectivity index (χ3v) is 4.25. The normalized spacial score (nSPS) is 18.5. The summed E-state index contributed by atoms with van der Waals surface area (Å²) in [4.78, 5) is 25.9. The molecule has 0 aliphatic carbocycles. The molecule has 0 aromatic heterocycles. The number of halogens is 2. The van der Waals surface area contributed by atoms with E-state index in [1.54, 1.807) is 25.1 Å². The van der Waals surface area contributed by atoms with Gasteiger partial charge in [-0.1, -0.05) is 23.2 Å². The van der Waals surface area contributed by atoms with E-state index in [-0.39, 0.29) is 24.3 Å². The molecule has 0 bridgehead atoms. The zero-order valence-corrected chi connectivity index (χ0v) is 14.5. The van der Waals surface area contributed by atoms with Gasteiger partial charge in [0.2, 0.25) is 5.91 Å². The molecular formula is C16H20Cl2N2O3. The number of hydrogen-bond donors (Lipinski definition) is 1. The first-order valence-electron chi connectivity index (χ1n) is 7.63. The van der Waals surface area contributed by atoms with E-state index in [1.165, 1.54) is 0 Å². The number of piperidine rings is 1. The molecule has 1 atom stereocenters. The van der Waals surface area contributed by atoms with Gasteiger partial charge in [0.15, 0.2) is 0 Å². The molecule has 1 saturated heterocycles. The predicted molar refractivity (Wildman–Crippen MR) is 90.9 cm³/mol. The lowest BCUT2D eigenvalue weighted by Crippen LogP contribution is -2.43. The van der Waals surface area contributed by atoms with Crippen LogP contribution in [0.2, 0.25) is 10.0 Å². The fourth-order valence-electron chi connectivity index (χ4n) is 2.64. The van der Waals surface area contributed by atoms with Gasteiger partial charge >= 0.3 is 5.97 Å². The fraction of sp³-hybridized carbons (Fsp3) is 0.500. The summed E-state index contributed by atoms with van der Waals surface area (Å²) in [6, 6.07) is 4.91. The molecule has 2 rings (SSSR count). The molecule has 1 aromatic carbocycles. The summed E-state index contributed by atoms with van der Waals surface area (Å²) in [5.41, 5.74) is 0.528. The minimum absolute atomic E-state index is 0.157. The Hall–Kier alpha value is -1.30. The van der Waals surface area contributed by atoms with Crippen LogP contribution in [-0.4, -0.2) is 43.0 Å². The van der Waals surface area contributed by atoms with Gasteiger partial charge in [0.05, 0.1) is 29.8 Å². The minimum atomic E-state index is -0.182. The van der Waals surface area contributed by atoms with Crippen molar-refractivity contribution in [1.82, 2.24) is 4.90 Å². The van der Waals surface area contributed by atoms with E-state index in [4.69, 9.17) is 27.9 Å². The highest BCUT2D eigenvalue weighted by Gasteiger charge is 2.27. The van der Waals surface area contributed by atoms with Crippen molar-refractivity contribution in [3.05, 3.63) is 28.2 Å². The average Bonchev–Trinajstić information content (AvgIpc) is 2.50. The Morgan fingerprint density at radius 3 is 2.87 bits per heavy atom. The molecule has 1 amide bonds. The number of carbonyl (C=O) groups is 2. The number of ether oxygens (including phenoxy) is 1. The van der Waals surface area contributed by atoms with Crippen LogP contribution in [0.5, 0.6) is 0 Å². The number of nitrogens with zero attached hydrogens (tertiary/aromatic N) is 1. The number of benzene rings is 1. The highest BCUT2D eigenvalue weighted by atomic mass is 35.5. The quantitative estimate of drug-likeness (QED) is 0.821. The number of amides is 1. The Morgan fingerprint density at radius 1 is 1.39 bits per heavy atom. The first-order valence-corrected chi connectivity index (χ1v) is 8.39. The van der Waals surface area contributed by atoms with E-state index in [0.717, 1.165) is 19.4 Å². The maximum atomic E-state index is 12.2. The molecule has 0 radical (unpaired) electrons. The Kier molecular flexibility index (Phi) is 6.69. The van der Waals surface area contributed by atoms with E-state index >= 15 is 0 Å². The number of esters is 1.